The second-order valence-corrected chi connectivity index (χ2v) is 16.8. The van der Waals surface area contributed by atoms with E-state index in [2.05, 4.69) is 20.6 Å². The fraction of sp³-hybridized carbons (Fsp3) is 0.472. The summed E-state index contributed by atoms with van der Waals surface area (Å²) >= 11 is 8.85. The van der Waals surface area contributed by atoms with Crippen LogP contribution in [0.1, 0.15) is 67.4 Å². The average molecular weight is 791 g/mol. The molecule has 3 N–H and O–H groups in total. The summed E-state index contributed by atoms with van der Waals surface area (Å²) in [6.07, 6.45) is 0.398. The van der Waals surface area contributed by atoms with Crippen molar-refractivity contribution in [3.8, 4) is 22.9 Å². The van der Waals surface area contributed by atoms with Crippen LogP contribution in [-0.2, 0) is 9.47 Å². The van der Waals surface area contributed by atoms with Gasteiger partial charge in [0.05, 0.1) is 15.3 Å². The summed E-state index contributed by atoms with van der Waals surface area (Å²) in [7, 11) is 0. The molecule has 2 aromatic carbocycles. The molecule has 1 saturated heterocycles. The summed E-state index contributed by atoms with van der Waals surface area (Å²) in [6.45, 7) is 14.8. The van der Waals surface area contributed by atoms with Crippen molar-refractivity contribution in [3.05, 3.63) is 44.7 Å². The number of thiophene rings is 1. The molecule has 4 aromatic rings. The number of amides is 2. The van der Waals surface area contributed by atoms with Gasteiger partial charge in [0.25, 0.3) is 5.56 Å². The quantitative estimate of drug-likeness (QED) is 0.117. The van der Waals surface area contributed by atoms with E-state index in [9.17, 15) is 19.6 Å². The van der Waals surface area contributed by atoms with Crippen molar-refractivity contribution in [2.75, 3.05) is 24.7 Å². The number of aromatic nitrogens is 2. The lowest BCUT2D eigenvalue weighted by Crippen LogP contribution is -2.46. The summed E-state index contributed by atoms with van der Waals surface area (Å²) in [5, 5.41) is 15.8. The predicted molar refractivity (Wildman–Crippen MR) is 203 cm³/mol. The Kier molecular flexibility index (Phi) is 11.5. The van der Waals surface area contributed by atoms with Crippen LogP contribution in [0.5, 0.6) is 5.75 Å². The predicted octanol–water partition coefficient (Wildman–Crippen LogP) is 8.43. The third-order valence-electron chi connectivity index (χ3n) is 8.32. The molecule has 3 heterocycles. The van der Waals surface area contributed by atoms with Gasteiger partial charge in [-0.3, -0.25) is 10.1 Å². The van der Waals surface area contributed by atoms with Gasteiger partial charge in [-0.15, -0.1) is 11.3 Å². The number of benzene rings is 2. The topological polar surface area (TPSA) is 159 Å². The van der Waals surface area contributed by atoms with Crippen molar-refractivity contribution >= 4 is 72.9 Å². The highest BCUT2D eigenvalue weighted by Gasteiger charge is 2.36. The minimum atomic E-state index is -0.990. The number of anilines is 1. The number of nitrogens with zero attached hydrogens (tertiary/aromatic N) is 3. The van der Waals surface area contributed by atoms with E-state index >= 15 is 8.78 Å². The van der Waals surface area contributed by atoms with Crippen LogP contribution in [0.4, 0.5) is 23.4 Å². The van der Waals surface area contributed by atoms with Gasteiger partial charge < -0.3 is 29.4 Å². The lowest BCUT2D eigenvalue weighted by atomic mass is 9.96. The number of ether oxygens (including phenoxy) is 3. The van der Waals surface area contributed by atoms with Gasteiger partial charge in [-0.25, -0.2) is 23.4 Å². The summed E-state index contributed by atoms with van der Waals surface area (Å²) in [5.41, 5.74) is -2.94. The number of hydrogen-bond acceptors (Lipinski definition) is 11. The van der Waals surface area contributed by atoms with Crippen LogP contribution >= 0.6 is 34.7 Å². The Bertz CT molecular complexity index is 2190. The van der Waals surface area contributed by atoms with E-state index in [1.165, 1.54) is 6.07 Å². The highest BCUT2D eigenvalue weighted by Crippen LogP contribution is 2.48. The van der Waals surface area contributed by atoms with Crippen molar-refractivity contribution in [1.82, 2.24) is 20.2 Å². The van der Waals surface area contributed by atoms with Gasteiger partial charge in [-0.1, -0.05) is 29.4 Å². The minimum absolute atomic E-state index is 0.0101. The first-order valence-corrected chi connectivity index (χ1v) is 19.2. The fourth-order valence-corrected chi connectivity index (χ4v) is 7.80. The molecule has 0 saturated carbocycles. The normalized spacial score (nSPS) is 16.8. The number of carbonyl (C=O) groups is 2. The Balaban J connectivity index is 1.56. The number of carbonyl (C=O) groups excluding carboxylic acids is 2. The van der Waals surface area contributed by atoms with E-state index in [-0.39, 0.29) is 77.2 Å². The zero-order valence-electron chi connectivity index (χ0n) is 30.7. The van der Waals surface area contributed by atoms with Crippen LogP contribution in [0.2, 0.25) is 5.02 Å². The lowest BCUT2D eigenvalue weighted by Gasteiger charge is -2.29. The summed E-state index contributed by atoms with van der Waals surface area (Å²) in [6, 6.07) is 4.09. The Morgan fingerprint density at radius 3 is 2.49 bits per heavy atom. The molecule has 2 aromatic heterocycles. The van der Waals surface area contributed by atoms with E-state index in [1.54, 1.807) is 59.6 Å². The van der Waals surface area contributed by atoms with Crippen LogP contribution in [0.15, 0.2) is 22.1 Å². The van der Waals surface area contributed by atoms with Crippen LogP contribution < -0.4 is 20.9 Å². The van der Waals surface area contributed by atoms with E-state index in [4.69, 9.17) is 25.8 Å². The number of nitrogens with one attached hydrogen (secondary N) is 3. The third-order valence-corrected chi connectivity index (χ3v) is 10.4. The summed E-state index contributed by atoms with van der Waals surface area (Å²) in [5.74, 6) is -1.88. The van der Waals surface area contributed by atoms with E-state index in [0.29, 0.717) is 13.0 Å². The molecule has 53 heavy (non-hydrogen) atoms. The number of thioether (sulfide) groups is 1. The molecule has 0 spiro atoms. The van der Waals surface area contributed by atoms with Gasteiger partial charge in [0.1, 0.15) is 45.1 Å². The molecule has 2 amide bonds. The molecule has 17 heteroatoms. The van der Waals surface area contributed by atoms with Gasteiger partial charge in [0.2, 0.25) is 0 Å². The van der Waals surface area contributed by atoms with E-state index in [0.717, 1.165) is 29.2 Å². The largest absolute Gasteiger partial charge is 0.487 e. The average Bonchev–Trinajstić information content (AvgIpc) is 3.61. The summed E-state index contributed by atoms with van der Waals surface area (Å²) < 4.78 is 49.3. The fourth-order valence-electron chi connectivity index (χ4n) is 6.03. The number of fused-ring (bicyclic) bond motifs is 2. The number of hydrogen-bond donors (Lipinski definition) is 3. The number of halogens is 3. The van der Waals surface area contributed by atoms with E-state index in [1.807, 2.05) is 13.0 Å². The zero-order valence-corrected chi connectivity index (χ0v) is 33.1. The van der Waals surface area contributed by atoms with Crippen molar-refractivity contribution in [1.29, 1.82) is 5.26 Å². The first-order valence-electron chi connectivity index (χ1n) is 16.8. The summed E-state index contributed by atoms with van der Waals surface area (Å²) in [4.78, 5) is 47.5. The minimum Gasteiger partial charge on any atom is -0.487 e. The van der Waals surface area contributed by atoms with Crippen molar-refractivity contribution in [2.24, 2.45) is 0 Å². The van der Waals surface area contributed by atoms with Crippen LogP contribution in [0.25, 0.3) is 32.1 Å². The van der Waals surface area contributed by atoms with Gasteiger partial charge in [0, 0.05) is 36.1 Å². The van der Waals surface area contributed by atoms with Gasteiger partial charge in [0.15, 0.2) is 16.7 Å². The van der Waals surface area contributed by atoms with Crippen molar-refractivity contribution < 1.29 is 32.6 Å². The molecule has 0 unspecified atom stereocenters. The molecule has 0 bridgehead atoms. The number of likely N-dealkylation sites (tertiary alicyclic amines) is 1. The van der Waals surface area contributed by atoms with Crippen molar-refractivity contribution in [3.63, 3.8) is 0 Å². The van der Waals surface area contributed by atoms with Gasteiger partial charge >= 0.3 is 12.2 Å². The monoisotopic (exact) mass is 790 g/mol. The van der Waals surface area contributed by atoms with Crippen LogP contribution in [-0.4, -0.2) is 75.8 Å². The molecule has 1 fully saturated rings. The lowest BCUT2D eigenvalue weighted by molar-refractivity contribution is 0.0228. The first-order chi connectivity index (χ1) is 24.7. The zero-order chi connectivity index (χ0) is 39.2. The van der Waals surface area contributed by atoms with Crippen molar-refractivity contribution in [2.45, 2.75) is 96.4 Å². The molecule has 284 valence electrons. The molecule has 0 radical (unpaired) electrons. The molecule has 1 aliphatic heterocycles. The maximum Gasteiger partial charge on any atom is 0.412 e. The number of rotatable bonds is 8. The third kappa shape index (κ3) is 8.48. The Labute approximate surface area is 318 Å². The van der Waals surface area contributed by atoms with Crippen LogP contribution in [0, 0.1) is 23.0 Å². The molecule has 12 nitrogen and oxygen atoms in total. The second-order valence-electron chi connectivity index (χ2n) is 14.6. The highest BCUT2D eigenvalue weighted by molar-refractivity contribution is 7.98. The maximum atomic E-state index is 16.8. The maximum absolute atomic E-state index is 16.8. The molecule has 3 atom stereocenters. The second kappa shape index (κ2) is 15.3. The Hall–Kier alpha value is -4.17. The molecule has 5 rings (SSSR count). The number of nitriles is 1. The van der Waals surface area contributed by atoms with Gasteiger partial charge in [-0.05, 0) is 79.7 Å². The molecule has 1 aliphatic rings. The SMILES string of the molecule is CSc1nc2c(F)c(-c3ccc(F)c4sc(NC(=O)OC(C)(C)C)c(C#N)c34)c(Cl)c(O[C@@H](C)CN[C@@H]3CCN(C(=O)OC(C)(C)C)[C@@H]3C)c2c(=O)[nH]1. The number of aromatic amines is 1. The number of H-pyrrole nitrogens is 1. The van der Waals surface area contributed by atoms with Gasteiger partial charge in [-0.2, -0.15) is 5.26 Å². The highest BCUT2D eigenvalue weighted by atomic mass is 35.5. The van der Waals surface area contributed by atoms with E-state index < -0.39 is 46.7 Å². The molecular formula is C36H41ClF2N6O6S2. The standard InChI is InChI=1S/C36H41ClF2N6O6S2/c1-16(15-41-21-12-13-45(17(21)2)34(48)51-36(6,7)8)49-28-24-27(42-32(52-9)43-30(24)46)26(39)23(25(28)37)18-10-11-20(38)29-22(18)19(14-40)31(53-29)44-33(47)50-35(3,4)5/h10-11,16-17,21,41H,12-13,15H2,1-9H3,(H,44,47)(H,42,43,46)/t16-,17+,21+/m0/s1. The smallest absolute Gasteiger partial charge is 0.412 e. The Morgan fingerprint density at radius 2 is 1.87 bits per heavy atom. The molecular weight excluding hydrogens is 750 g/mol. The van der Waals surface area contributed by atoms with Crippen LogP contribution in [0.3, 0.4) is 0 Å². The molecule has 0 aliphatic carbocycles. The first kappa shape index (κ1) is 40.0. The Morgan fingerprint density at radius 1 is 1.19 bits per heavy atom.